The fraction of sp³-hybridized carbons (Fsp3) is 0.500. The molecule has 2 aromatic rings. The molecule has 112 valence electrons. The molecule has 0 aromatic carbocycles. The summed E-state index contributed by atoms with van der Waals surface area (Å²) < 4.78 is 6.94. The molecule has 0 radical (unpaired) electrons. The number of hydrogen-bond donors (Lipinski definition) is 0. The van der Waals surface area contributed by atoms with Crippen LogP contribution in [0.3, 0.4) is 0 Å². The van der Waals surface area contributed by atoms with Crippen molar-refractivity contribution in [1.29, 1.82) is 0 Å². The number of rotatable bonds is 3. The molecule has 2 aromatic heterocycles. The average Bonchev–Trinajstić information content (AvgIpc) is 2.90. The minimum Gasteiger partial charge on any atom is -0.450 e. The van der Waals surface area contributed by atoms with E-state index in [1.165, 1.54) is 0 Å². The minimum absolute atomic E-state index is 0.214. The van der Waals surface area contributed by atoms with E-state index in [4.69, 9.17) is 4.74 Å². The molecule has 3 heterocycles. The summed E-state index contributed by atoms with van der Waals surface area (Å²) in [7, 11) is 0. The van der Waals surface area contributed by atoms with Gasteiger partial charge in [0.25, 0.3) is 0 Å². The number of fused-ring (bicyclic) bond motifs is 1. The molecule has 0 N–H and O–H groups in total. The molecule has 0 spiro atoms. The molecule has 0 aliphatic carbocycles. The van der Waals surface area contributed by atoms with E-state index in [1.807, 2.05) is 29.8 Å². The number of carbonyl (C=O) groups excluding carboxylic acids is 1. The van der Waals surface area contributed by atoms with E-state index in [9.17, 15) is 4.79 Å². The molecule has 0 unspecified atom stereocenters. The number of hydrogen-bond acceptors (Lipinski definition) is 5. The van der Waals surface area contributed by atoms with Crippen molar-refractivity contribution >= 4 is 11.9 Å². The maximum absolute atomic E-state index is 11.6. The third-order valence-electron chi connectivity index (χ3n) is 3.57. The van der Waals surface area contributed by atoms with Crippen LogP contribution >= 0.6 is 0 Å². The molecule has 1 aliphatic heterocycles. The Kier molecular flexibility index (Phi) is 4.01. The van der Waals surface area contributed by atoms with Gasteiger partial charge in [-0.15, -0.1) is 0 Å². The van der Waals surface area contributed by atoms with Crippen molar-refractivity contribution in [2.75, 3.05) is 32.8 Å². The van der Waals surface area contributed by atoms with Gasteiger partial charge in [0.2, 0.25) is 5.78 Å². The van der Waals surface area contributed by atoms with Crippen molar-refractivity contribution in [2.24, 2.45) is 0 Å². The van der Waals surface area contributed by atoms with Gasteiger partial charge >= 0.3 is 6.09 Å². The fourth-order valence-electron chi connectivity index (χ4n) is 2.49. The molecule has 1 saturated heterocycles. The van der Waals surface area contributed by atoms with Crippen LogP contribution in [0.1, 0.15) is 12.6 Å². The molecular formula is C14H19N5O2. The highest BCUT2D eigenvalue weighted by Crippen LogP contribution is 2.09. The molecule has 21 heavy (non-hydrogen) atoms. The van der Waals surface area contributed by atoms with Crippen molar-refractivity contribution < 1.29 is 9.53 Å². The van der Waals surface area contributed by atoms with Crippen LogP contribution in [-0.4, -0.2) is 63.0 Å². The number of amides is 1. The second kappa shape index (κ2) is 6.09. The molecule has 0 saturated carbocycles. The molecular weight excluding hydrogens is 270 g/mol. The van der Waals surface area contributed by atoms with Gasteiger partial charge in [-0.3, -0.25) is 9.30 Å². The Morgan fingerprint density at radius 1 is 1.33 bits per heavy atom. The zero-order valence-corrected chi connectivity index (χ0v) is 12.1. The van der Waals surface area contributed by atoms with E-state index in [2.05, 4.69) is 14.9 Å². The molecule has 3 rings (SSSR count). The summed E-state index contributed by atoms with van der Waals surface area (Å²) in [4.78, 5) is 24.4. The van der Waals surface area contributed by atoms with Crippen LogP contribution in [0, 0.1) is 0 Å². The zero-order chi connectivity index (χ0) is 14.7. The van der Waals surface area contributed by atoms with Gasteiger partial charge in [0.05, 0.1) is 12.3 Å². The van der Waals surface area contributed by atoms with Crippen LogP contribution in [0.25, 0.3) is 5.78 Å². The Morgan fingerprint density at radius 2 is 2.14 bits per heavy atom. The van der Waals surface area contributed by atoms with Gasteiger partial charge in [-0.2, -0.15) is 0 Å². The lowest BCUT2D eigenvalue weighted by molar-refractivity contribution is 0.0776. The number of nitrogens with zero attached hydrogens (tertiary/aromatic N) is 5. The summed E-state index contributed by atoms with van der Waals surface area (Å²) in [5.41, 5.74) is 0.998. The van der Waals surface area contributed by atoms with Crippen molar-refractivity contribution in [3.63, 3.8) is 0 Å². The monoisotopic (exact) mass is 289 g/mol. The Bertz CT molecular complexity index is 586. The van der Waals surface area contributed by atoms with Gasteiger partial charge in [-0.1, -0.05) is 0 Å². The molecule has 7 heteroatoms. The summed E-state index contributed by atoms with van der Waals surface area (Å²) in [6.07, 6.45) is 5.47. The lowest BCUT2D eigenvalue weighted by Crippen LogP contribution is -2.48. The molecule has 1 aliphatic rings. The van der Waals surface area contributed by atoms with Gasteiger partial charge in [-0.25, -0.2) is 14.8 Å². The van der Waals surface area contributed by atoms with E-state index < -0.39 is 0 Å². The van der Waals surface area contributed by atoms with Crippen LogP contribution in [0.4, 0.5) is 4.79 Å². The van der Waals surface area contributed by atoms with Crippen LogP contribution in [-0.2, 0) is 11.3 Å². The molecule has 0 atom stereocenters. The smallest absolute Gasteiger partial charge is 0.409 e. The van der Waals surface area contributed by atoms with Gasteiger partial charge in [0, 0.05) is 51.3 Å². The molecule has 1 amide bonds. The number of ether oxygens (including phenoxy) is 1. The third-order valence-corrected chi connectivity index (χ3v) is 3.57. The maximum atomic E-state index is 11.6. The van der Waals surface area contributed by atoms with E-state index >= 15 is 0 Å². The Balaban J connectivity index is 1.56. The van der Waals surface area contributed by atoms with E-state index in [-0.39, 0.29) is 6.09 Å². The lowest BCUT2D eigenvalue weighted by Gasteiger charge is -2.33. The normalized spacial score (nSPS) is 16.3. The van der Waals surface area contributed by atoms with Crippen LogP contribution < -0.4 is 0 Å². The lowest BCUT2D eigenvalue weighted by atomic mass is 10.3. The van der Waals surface area contributed by atoms with Gasteiger partial charge in [0.1, 0.15) is 0 Å². The standard InChI is InChI=1S/C14H19N5O2/c1-2-21-14(20)18-8-6-17(7-9-18)10-12-11-19-5-3-4-15-13(19)16-12/h3-5,11H,2,6-10H2,1H3. The molecule has 7 nitrogen and oxygen atoms in total. The number of piperazine rings is 1. The van der Waals surface area contributed by atoms with Crippen molar-refractivity contribution in [1.82, 2.24) is 24.2 Å². The van der Waals surface area contributed by atoms with Crippen LogP contribution in [0.5, 0.6) is 0 Å². The van der Waals surface area contributed by atoms with E-state index in [0.29, 0.717) is 19.7 Å². The van der Waals surface area contributed by atoms with Crippen LogP contribution in [0.15, 0.2) is 24.7 Å². The first-order valence-corrected chi connectivity index (χ1v) is 7.19. The summed E-state index contributed by atoms with van der Waals surface area (Å²) in [5.74, 6) is 0.720. The first kappa shape index (κ1) is 13.8. The summed E-state index contributed by atoms with van der Waals surface area (Å²) in [5, 5.41) is 0. The highest BCUT2D eigenvalue weighted by Gasteiger charge is 2.22. The van der Waals surface area contributed by atoms with Crippen molar-refractivity contribution in [2.45, 2.75) is 13.5 Å². The van der Waals surface area contributed by atoms with Gasteiger partial charge < -0.3 is 9.64 Å². The topological polar surface area (TPSA) is 63.0 Å². The molecule has 1 fully saturated rings. The average molecular weight is 289 g/mol. The second-order valence-corrected chi connectivity index (χ2v) is 5.02. The van der Waals surface area contributed by atoms with Crippen molar-refractivity contribution in [3.05, 3.63) is 30.4 Å². The fourth-order valence-corrected chi connectivity index (χ4v) is 2.49. The molecule has 0 bridgehead atoms. The van der Waals surface area contributed by atoms with E-state index in [0.717, 1.165) is 31.1 Å². The van der Waals surface area contributed by atoms with Crippen molar-refractivity contribution in [3.8, 4) is 0 Å². The minimum atomic E-state index is -0.214. The third kappa shape index (κ3) is 3.13. The summed E-state index contributed by atoms with van der Waals surface area (Å²) >= 11 is 0. The number of carbonyl (C=O) groups is 1. The first-order chi connectivity index (χ1) is 10.3. The van der Waals surface area contributed by atoms with E-state index in [1.54, 1.807) is 11.1 Å². The highest BCUT2D eigenvalue weighted by molar-refractivity contribution is 5.67. The highest BCUT2D eigenvalue weighted by atomic mass is 16.6. The van der Waals surface area contributed by atoms with Crippen LogP contribution in [0.2, 0.25) is 0 Å². The maximum Gasteiger partial charge on any atom is 0.409 e. The number of aromatic nitrogens is 3. The summed E-state index contributed by atoms with van der Waals surface area (Å²) in [6, 6.07) is 1.89. The Morgan fingerprint density at radius 3 is 2.86 bits per heavy atom. The Labute approximate surface area is 123 Å². The SMILES string of the molecule is CCOC(=O)N1CCN(Cc2cn3cccnc3n2)CC1. The van der Waals surface area contributed by atoms with Gasteiger partial charge in [0.15, 0.2) is 0 Å². The predicted octanol–water partition coefficient (Wildman–Crippen LogP) is 1.00. The quantitative estimate of drug-likeness (QED) is 0.843. The zero-order valence-electron chi connectivity index (χ0n) is 12.1. The Hall–Kier alpha value is -2.15. The summed E-state index contributed by atoms with van der Waals surface area (Å²) in [6.45, 7) is 6.09. The second-order valence-electron chi connectivity index (χ2n) is 5.02. The number of imidazole rings is 1. The predicted molar refractivity (Wildman–Crippen MR) is 76.9 cm³/mol. The first-order valence-electron chi connectivity index (χ1n) is 7.19. The van der Waals surface area contributed by atoms with Gasteiger partial charge in [-0.05, 0) is 13.0 Å². The largest absolute Gasteiger partial charge is 0.450 e.